The molecule has 44 heavy (non-hydrogen) atoms. The Kier molecular flexibility index (Phi) is 10.1. The quantitative estimate of drug-likeness (QED) is 0.256. The third kappa shape index (κ3) is 7.91. The molecule has 1 aliphatic heterocycles. The minimum Gasteiger partial charge on any atom is -0.347 e. The summed E-state index contributed by atoms with van der Waals surface area (Å²) in [5, 5.41) is 8.53. The molecule has 4 aromatic rings. The number of nitrogens with zero attached hydrogens (tertiary/aromatic N) is 2. The number of carbonyl (C=O) groups is 3. The van der Waals surface area contributed by atoms with Gasteiger partial charge in [-0.3, -0.25) is 14.4 Å². The van der Waals surface area contributed by atoms with Crippen molar-refractivity contribution in [2.75, 3.05) is 26.7 Å². The first-order valence-electron chi connectivity index (χ1n) is 15.4. The molecule has 2 N–H and O–H groups in total. The summed E-state index contributed by atoms with van der Waals surface area (Å²) in [5.74, 6) is -0.295. The molecule has 1 atom stereocenters. The van der Waals surface area contributed by atoms with E-state index in [1.807, 2.05) is 66.7 Å². The van der Waals surface area contributed by atoms with Crippen LogP contribution < -0.4 is 10.6 Å². The number of amides is 3. The number of carbonyl (C=O) groups excluding carboxylic acids is 3. The van der Waals surface area contributed by atoms with Crippen LogP contribution in [0.1, 0.15) is 42.9 Å². The lowest BCUT2D eigenvalue weighted by Gasteiger charge is -2.42. The smallest absolute Gasteiger partial charge is 0.245 e. The Bertz CT molecular complexity index is 1570. The highest BCUT2D eigenvalue weighted by molar-refractivity contribution is 5.88. The summed E-state index contributed by atoms with van der Waals surface area (Å²) >= 11 is 0. The lowest BCUT2D eigenvalue weighted by atomic mass is 9.80. The van der Waals surface area contributed by atoms with Gasteiger partial charge in [-0.05, 0) is 40.3 Å². The molecular weight excluding hydrogens is 548 g/mol. The Morgan fingerprint density at radius 2 is 1.45 bits per heavy atom. The van der Waals surface area contributed by atoms with Crippen LogP contribution in [0.2, 0.25) is 0 Å². The number of nitrogens with one attached hydrogen (secondary N) is 2. The summed E-state index contributed by atoms with van der Waals surface area (Å²) in [4.78, 5) is 43.1. The minimum absolute atomic E-state index is 0.0407. The number of hydrogen-bond donors (Lipinski definition) is 2. The third-order valence-electron chi connectivity index (χ3n) is 8.63. The van der Waals surface area contributed by atoms with Gasteiger partial charge in [0.15, 0.2) is 0 Å². The van der Waals surface area contributed by atoms with E-state index in [1.54, 1.807) is 18.9 Å². The fourth-order valence-electron chi connectivity index (χ4n) is 6.27. The van der Waals surface area contributed by atoms with Gasteiger partial charge in [-0.1, -0.05) is 103 Å². The highest BCUT2D eigenvalue weighted by atomic mass is 16.2. The average Bonchev–Trinajstić information content (AvgIpc) is 3.04. The molecule has 7 nitrogen and oxygen atoms in total. The fraction of sp³-hybridized carbons (Fsp3) is 0.324. The van der Waals surface area contributed by atoms with Gasteiger partial charge in [0.2, 0.25) is 17.7 Å². The minimum atomic E-state index is -0.677. The summed E-state index contributed by atoms with van der Waals surface area (Å²) in [7, 11) is 1.79. The van der Waals surface area contributed by atoms with Crippen molar-refractivity contribution in [1.29, 1.82) is 0 Å². The highest BCUT2D eigenvalue weighted by Crippen LogP contribution is 2.33. The second-order valence-corrected chi connectivity index (χ2v) is 11.9. The van der Waals surface area contributed by atoms with E-state index in [-0.39, 0.29) is 17.7 Å². The number of piperidine rings is 1. The van der Waals surface area contributed by atoms with E-state index in [0.717, 1.165) is 53.4 Å². The Morgan fingerprint density at radius 1 is 0.818 bits per heavy atom. The third-order valence-corrected chi connectivity index (χ3v) is 8.63. The van der Waals surface area contributed by atoms with Crippen LogP contribution in [0.4, 0.5) is 0 Å². The van der Waals surface area contributed by atoms with E-state index >= 15 is 0 Å². The number of fused-ring (bicyclic) bond motifs is 1. The first-order valence-corrected chi connectivity index (χ1v) is 15.4. The zero-order valence-corrected chi connectivity index (χ0v) is 25.7. The van der Waals surface area contributed by atoms with Crippen molar-refractivity contribution >= 4 is 28.5 Å². The number of likely N-dealkylation sites (N-methyl/N-ethyl adjacent to an activating group) is 1. The molecule has 5 rings (SSSR count). The van der Waals surface area contributed by atoms with Crippen LogP contribution >= 0.6 is 0 Å². The van der Waals surface area contributed by atoms with Crippen LogP contribution in [0.3, 0.4) is 0 Å². The Hall–Kier alpha value is -4.49. The van der Waals surface area contributed by atoms with Crippen molar-refractivity contribution in [3.63, 3.8) is 0 Å². The highest BCUT2D eigenvalue weighted by Gasteiger charge is 2.37. The van der Waals surface area contributed by atoms with Crippen LogP contribution in [-0.2, 0) is 32.9 Å². The van der Waals surface area contributed by atoms with Crippen LogP contribution in [-0.4, -0.2) is 60.2 Å². The van der Waals surface area contributed by atoms with Crippen molar-refractivity contribution in [2.24, 2.45) is 0 Å². The van der Waals surface area contributed by atoms with Gasteiger partial charge in [0.05, 0.1) is 5.54 Å². The average molecular weight is 591 g/mol. The molecule has 228 valence electrons. The van der Waals surface area contributed by atoms with Gasteiger partial charge in [-0.25, -0.2) is 0 Å². The topological polar surface area (TPSA) is 81.8 Å². The van der Waals surface area contributed by atoms with Crippen LogP contribution in [0.5, 0.6) is 0 Å². The van der Waals surface area contributed by atoms with Crippen molar-refractivity contribution in [1.82, 2.24) is 20.4 Å². The monoisotopic (exact) mass is 590 g/mol. The lowest BCUT2D eigenvalue weighted by Crippen LogP contribution is -2.53. The second-order valence-electron chi connectivity index (χ2n) is 11.9. The Morgan fingerprint density at radius 3 is 2.14 bits per heavy atom. The molecule has 0 aliphatic carbocycles. The molecule has 0 aromatic heterocycles. The number of hydrogen-bond acceptors (Lipinski definition) is 4. The molecule has 1 aliphatic rings. The molecule has 0 radical (unpaired) electrons. The number of benzene rings is 4. The zero-order valence-electron chi connectivity index (χ0n) is 25.7. The predicted octanol–water partition coefficient (Wildman–Crippen LogP) is 5.04. The summed E-state index contributed by atoms with van der Waals surface area (Å²) in [6.45, 7) is 4.15. The fourth-order valence-corrected chi connectivity index (χ4v) is 6.27. The van der Waals surface area contributed by atoms with Crippen LogP contribution in [0.25, 0.3) is 10.8 Å². The summed E-state index contributed by atoms with van der Waals surface area (Å²) in [6.07, 6.45) is 2.24. The maximum Gasteiger partial charge on any atom is 0.245 e. The van der Waals surface area contributed by atoms with Gasteiger partial charge >= 0.3 is 0 Å². The molecular formula is C37H42N4O3. The van der Waals surface area contributed by atoms with Gasteiger partial charge in [0.1, 0.15) is 6.04 Å². The van der Waals surface area contributed by atoms with Crippen LogP contribution in [0, 0.1) is 0 Å². The predicted molar refractivity (Wildman–Crippen MR) is 175 cm³/mol. The molecule has 0 unspecified atom stereocenters. The molecule has 4 aromatic carbocycles. The van der Waals surface area contributed by atoms with Crippen molar-refractivity contribution < 1.29 is 14.4 Å². The normalized spacial score (nSPS) is 15.3. The van der Waals surface area contributed by atoms with Gasteiger partial charge in [-0.2, -0.15) is 0 Å². The van der Waals surface area contributed by atoms with E-state index in [2.05, 4.69) is 51.9 Å². The van der Waals surface area contributed by atoms with Gasteiger partial charge < -0.3 is 20.4 Å². The van der Waals surface area contributed by atoms with E-state index in [9.17, 15) is 14.4 Å². The molecule has 1 saturated heterocycles. The zero-order chi connectivity index (χ0) is 30.9. The summed E-state index contributed by atoms with van der Waals surface area (Å²) in [6, 6.07) is 33.7. The largest absolute Gasteiger partial charge is 0.347 e. The van der Waals surface area contributed by atoms with Crippen LogP contribution in [0.15, 0.2) is 103 Å². The van der Waals surface area contributed by atoms with Gasteiger partial charge in [0, 0.05) is 53.0 Å². The molecule has 0 spiro atoms. The van der Waals surface area contributed by atoms with Crippen molar-refractivity contribution in [3.05, 3.63) is 120 Å². The van der Waals surface area contributed by atoms with E-state index in [0.29, 0.717) is 25.9 Å². The SMILES string of the molecule is CC(=O)NC1(c2ccccc2)CCN(CCC(=O)N[C@@H](Cc2ccc3ccccc3c2)C(=O)N(C)Cc2ccccc2)CC1. The first-order chi connectivity index (χ1) is 21.3. The number of likely N-dealkylation sites (tertiary alicyclic amines) is 1. The van der Waals surface area contributed by atoms with E-state index < -0.39 is 11.6 Å². The van der Waals surface area contributed by atoms with Gasteiger partial charge in [0.25, 0.3) is 0 Å². The van der Waals surface area contributed by atoms with E-state index in [4.69, 9.17) is 0 Å². The van der Waals surface area contributed by atoms with Gasteiger partial charge in [-0.15, -0.1) is 0 Å². The van der Waals surface area contributed by atoms with Crippen molar-refractivity contribution in [2.45, 2.75) is 50.7 Å². The second kappa shape index (κ2) is 14.3. The summed E-state index contributed by atoms with van der Waals surface area (Å²) < 4.78 is 0. The van der Waals surface area contributed by atoms with E-state index in [1.165, 1.54) is 0 Å². The molecule has 3 amide bonds. The van der Waals surface area contributed by atoms with Crippen molar-refractivity contribution in [3.8, 4) is 0 Å². The first kappa shape index (κ1) is 31.0. The molecule has 0 saturated carbocycles. The lowest BCUT2D eigenvalue weighted by molar-refractivity contribution is -0.136. The standard InChI is InChI=1S/C37H42N4O3/c1-28(42)39-37(33-15-7-4-8-16-33)20-23-41(24-21-37)22-19-35(43)38-34(36(44)40(2)27-29-11-5-3-6-12-29)26-30-17-18-31-13-9-10-14-32(31)25-30/h3-18,25,34H,19-24,26-27H2,1-2H3,(H,38,43)(H,39,42)/t34-/m0/s1. The summed E-state index contributed by atoms with van der Waals surface area (Å²) in [5.41, 5.74) is 2.76. The number of rotatable bonds is 11. The molecule has 1 fully saturated rings. The molecule has 1 heterocycles. The molecule has 0 bridgehead atoms. The Labute approximate surface area is 260 Å². The molecule has 7 heteroatoms. The maximum atomic E-state index is 13.7. The maximum absolute atomic E-state index is 13.7. The Balaban J connectivity index is 1.23.